The minimum Gasteiger partial charge on any atom is -0.443 e. The minimum atomic E-state index is -0.306. The van der Waals surface area contributed by atoms with Gasteiger partial charge in [-0.15, -0.1) is 0 Å². The summed E-state index contributed by atoms with van der Waals surface area (Å²) in [5.74, 6) is 0. The van der Waals surface area contributed by atoms with Crippen molar-refractivity contribution in [2.24, 2.45) is 5.73 Å². The zero-order valence-electron chi connectivity index (χ0n) is 10.2. The van der Waals surface area contributed by atoms with Crippen LogP contribution in [0.4, 0.5) is 4.79 Å². The number of ether oxygens (including phenoxy) is 1. The third-order valence-corrected chi connectivity index (χ3v) is 2.76. The van der Waals surface area contributed by atoms with Crippen LogP contribution in [0.25, 0.3) is 0 Å². The molecular weight excluding hydrogens is 220 g/mol. The van der Waals surface area contributed by atoms with Crippen LogP contribution in [0.15, 0.2) is 12.3 Å². The van der Waals surface area contributed by atoms with E-state index in [0.717, 1.165) is 5.69 Å². The highest BCUT2D eigenvalue weighted by atomic mass is 16.6. The van der Waals surface area contributed by atoms with Crippen molar-refractivity contribution in [3.05, 3.63) is 18.0 Å². The zero-order valence-corrected chi connectivity index (χ0v) is 10.2. The predicted octanol–water partition coefficient (Wildman–Crippen LogP) is 0.744. The number of amides is 1. The molecule has 6 heteroatoms. The highest BCUT2D eigenvalue weighted by Gasteiger charge is 2.30. The van der Waals surface area contributed by atoms with E-state index in [2.05, 4.69) is 18.9 Å². The zero-order chi connectivity index (χ0) is 12.4. The van der Waals surface area contributed by atoms with E-state index < -0.39 is 0 Å². The molecule has 2 rings (SSSR count). The summed E-state index contributed by atoms with van der Waals surface area (Å²) in [6.45, 7) is 5.51. The molecule has 17 heavy (non-hydrogen) atoms. The third-order valence-electron chi connectivity index (χ3n) is 2.76. The summed E-state index contributed by atoms with van der Waals surface area (Å²) in [6, 6.07) is 2.24. The number of cyclic esters (lactones) is 1. The van der Waals surface area contributed by atoms with Crippen LogP contribution >= 0.6 is 0 Å². The second-order valence-corrected chi connectivity index (χ2v) is 4.50. The van der Waals surface area contributed by atoms with E-state index in [9.17, 15) is 4.79 Å². The molecule has 1 fully saturated rings. The van der Waals surface area contributed by atoms with E-state index in [1.807, 2.05) is 16.9 Å². The van der Waals surface area contributed by atoms with Crippen LogP contribution in [-0.2, 0) is 11.3 Å². The summed E-state index contributed by atoms with van der Waals surface area (Å²) in [4.78, 5) is 13.1. The summed E-state index contributed by atoms with van der Waals surface area (Å²) in [6.07, 6.45) is 1.43. The van der Waals surface area contributed by atoms with Gasteiger partial charge in [0.25, 0.3) is 0 Å². The van der Waals surface area contributed by atoms with Gasteiger partial charge in [0.05, 0.1) is 18.8 Å². The summed E-state index contributed by atoms with van der Waals surface area (Å²) >= 11 is 0. The predicted molar refractivity (Wildman–Crippen MR) is 62.3 cm³/mol. The monoisotopic (exact) mass is 238 g/mol. The molecule has 0 radical (unpaired) electrons. The number of carbonyl (C=O) groups is 1. The maximum absolute atomic E-state index is 11.5. The number of nitrogens with zero attached hydrogens (tertiary/aromatic N) is 3. The van der Waals surface area contributed by atoms with E-state index in [-0.39, 0.29) is 12.2 Å². The lowest BCUT2D eigenvalue weighted by Gasteiger charge is -2.10. The molecular formula is C11H18N4O2. The Balaban J connectivity index is 1.98. The number of rotatable bonds is 4. The van der Waals surface area contributed by atoms with Gasteiger partial charge in [0.15, 0.2) is 0 Å². The number of hydrogen-bond donors (Lipinski definition) is 1. The topological polar surface area (TPSA) is 73.4 Å². The molecule has 0 bridgehead atoms. The van der Waals surface area contributed by atoms with Crippen LogP contribution in [-0.4, -0.2) is 40.0 Å². The van der Waals surface area contributed by atoms with Gasteiger partial charge in [-0.25, -0.2) is 4.79 Å². The van der Waals surface area contributed by atoms with Gasteiger partial charge in [-0.1, -0.05) is 0 Å². The van der Waals surface area contributed by atoms with Crippen molar-refractivity contribution in [2.75, 3.05) is 13.1 Å². The lowest BCUT2D eigenvalue weighted by atomic mass is 10.3. The SMILES string of the molecule is CC(C)n1ccc(CN2CC(CN)OC2=O)n1. The first-order chi connectivity index (χ1) is 8.10. The Labute approximate surface area is 100 Å². The van der Waals surface area contributed by atoms with Crippen molar-refractivity contribution < 1.29 is 9.53 Å². The first-order valence-corrected chi connectivity index (χ1v) is 5.80. The molecule has 1 aromatic rings. The Morgan fingerprint density at radius 2 is 2.41 bits per heavy atom. The Morgan fingerprint density at radius 3 is 2.94 bits per heavy atom. The molecule has 1 amide bonds. The molecule has 2 heterocycles. The molecule has 1 saturated heterocycles. The van der Waals surface area contributed by atoms with Gasteiger partial charge in [0, 0.05) is 18.8 Å². The van der Waals surface area contributed by atoms with Crippen molar-refractivity contribution in [3.8, 4) is 0 Å². The van der Waals surface area contributed by atoms with Crippen LogP contribution in [0.5, 0.6) is 0 Å². The van der Waals surface area contributed by atoms with Crippen molar-refractivity contribution in [1.82, 2.24) is 14.7 Å². The van der Waals surface area contributed by atoms with Gasteiger partial charge in [-0.05, 0) is 19.9 Å². The fourth-order valence-corrected chi connectivity index (χ4v) is 1.77. The van der Waals surface area contributed by atoms with Crippen LogP contribution in [0, 0.1) is 0 Å². The average molecular weight is 238 g/mol. The Kier molecular flexibility index (Phi) is 3.33. The Morgan fingerprint density at radius 1 is 1.65 bits per heavy atom. The smallest absolute Gasteiger partial charge is 0.410 e. The van der Waals surface area contributed by atoms with E-state index in [1.165, 1.54) is 0 Å². The average Bonchev–Trinajstić information content (AvgIpc) is 2.87. The molecule has 6 nitrogen and oxygen atoms in total. The second-order valence-electron chi connectivity index (χ2n) is 4.50. The molecule has 1 aliphatic rings. The fourth-order valence-electron chi connectivity index (χ4n) is 1.77. The number of nitrogens with two attached hydrogens (primary N) is 1. The van der Waals surface area contributed by atoms with Gasteiger partial charge in [-0.2, -0.15) is 5.10 Å². The van der Waals surface area contributed by atoms with Crippen molar-refractivity contribution in [1.29, 1.82) is 0 Å². The summed E-state index contributed by atoms with van der Waals surface area (Å²) in [5.41, 5.74) is 6.34. The van der Waals surface area contributed by atoms with E-state index in [1.54, 1.807) is 4.90 Å². The molecule has 0 aliphatic carbocycles. The van der Waals surface area contributed by atoms with Crippen LogP contribution in [0.2, 0.25) is 0 Å². The molecule has 1 unspecified atom stereocenters. The van der Waals surface area contributed by atoms with Gasteiger partial charge in [-0.3, -0.25) is 9.58 Å². The molecule has 1 atom stereocenters. The molecule has 0 spiro atoms. The lowest BCUT2D eigenvalue weighted by Crippen LogP contribution is -2.27. The molecule has 94 valence electrons. The van der Waals surface area contributed by atoms with E-state index in [0.29, 0.717) is 25.7 Å². The minimum absolute atomic E-state index is 0.185. The van der Waals surface area contributed by atoms with Crippen molar-refractivity contribution in [2.45, 2.75) is 32.5 Å². The summed E-state index contributed by atoms with van der Waals surface area (Å²) < 4.78 is 6.95. The van der Waals surface area contributed by atoms with E-state index in [4.69, 9.17) is 10.5 Å². The Hall–Kier alpha value is -1.56. The molecule has 0 saturated carbocycles. The largest absolute Gasteiger partial charge is 0.443 e. The van der Waals surface area contributed by atoms with Crippen LogP contribution < -0.4 is 5.73 Å². The quantitative estimate of drug-likeness (QED) is 0.839. The maximum atomic E-state index is 11.5. The Bertz CT molecular complexity index is 402. The summed E-state index contributed by atoms with van der Waals surface area (Å²) in [5, 5.41) is 4.39. The molecule has 1 aliphatic heterocycles. The number of aromatic nitrogens is 2. The maximum Gasteiger partial charge on any atom is 0.410 e. The molecule has 0 aromatic carbocycles. The van der Waals surface area contributed by atoms with Crippen molar-refractivity contribution in [3.63, 3.8) is 0 Å². The lowest BCUT2D eigenvalue weighted by molar-refractivity contribution is 0.134. The van der Waals surface area contributed by atoms with Gasteiger partial charge < -0.3 is 10.5 Å². The van der Waals surface area contributed by atoms with Gasteiger partial charge in [0.2, 0.25) is 0 Å². The number of carbonyl (C=O) groups excluding carboxylic acids is 1. The standard InChI is InChI=1S/C11H18N4O2/c1-8(2)15-4-3-9(13-15)6-14-7-10(5-12)17-11(14)16/h3-4,8,10H,5-7,12H2,1-2H3. The number of hydrogen-bond acceptors (Lipinski definition) is 4. The van der Waals surface area contributed by atoms with Crippen LogP contribution in [0.1, 0.15) is 25.6 Å². The third kappa shape index (κ3) is 2.58. The normalized spacial score (nSPS) is 20.1. The molecule has 2 N–H and O–H groups in total. The summed E-state index contributed by atoms with van der Waals surface area (Å²) in [7, 11) is 0. The van der Waals surface area contributed by atoms with Gasteiger partial charge in [0.1, 0.15) is 6.10 Å². The highest BCUT2D eigenvalue weighted by Crippen LogP contribution is 2.14. The first kappa shape index (κ1) is 11.9. The van der Waals surface area contributed by atoms with E-state index >= 15 is 0 Å². The van der Waals surface area contributed by atoms with Crippen LogP contribution in [0.3, 0.4) is 0 Å². The van der Waals surface area contributed by atoms with Crippen molar-refractivity contribution >= 4 is 6.09 Å². The highest BCUT2D eigenvalue weighted by molar-refractivity contribution is 5.69. The van der Waals surface area contributed by atoms with Gasteiger partial charge >= 0.3 is 6.09 Å². The fraction of sp³-hybridized carbons (Fsp3) is 0.636. The first-order valence-electron chi connectivity index (χ1n) is 5.80. The molecule has 1 aromatic heterocycles. The second kappa shape index (κ2) is 4.75.